The third-order valence-electron chi connectivity index (χ3n) is 1.88. The average Bonchev–Trinajstić information content (AvgIpc) is 2.26. The summed E-state index contributed by atoms with van der Waals surface area (Å²) < 4.78 is 30.1. The minimum Gasteiger partial charge on any atom is -0.492 e. The summed E-state index contributed by atoms with van der Waals surface area (Å²) in [6, 6.07) is 4.19. The average molecular weight is 293 g/mol. The zero-order valence-electron chi connectivity index (χ0n) is 8.67. The van der Waals surface area contributed by atoms with Gasteiger partial charge in [-0.1, -0.05) is 6.92 Å². The van der Waals surface area contributed by atoms with Crippen LogP contribution in [0, 0.1) is 0 Å². The van der Waals surface area contributed by atoms with Gasteiger partial charge in [-0.15, -0.1) is 0 Å². The van der Waals surface area contributed by atoms with E-state index in [4.69, 9.17) is 4.74 Å². The number of carbonyl (C=O) groups excluding carboxylic acids is 1. The van der Waals surface area contributed by atoms with Gasteiger partial charge in [-0.25, -0.2) is 8.78 Å². The van der Waals surface area contributed by atoms with E-state index < -0.39 is 12.2 Å². The predicted octanol–water partition coefficient (Wildman–Crippen LogP) is 3.69. The van der Waals surface area contributed by atoms with Crippen molar-refractivity contribution in [2.75, 3.05) is 6.61 Å². The van der Waals surface area contributed by atoms with E-state index in [1.165, 1.54) is 18.2 Å². The number of benzene rings is 1. The summed E-state index contributed by atoms with van der Waals surface area (Å²) >= 11 is 3.17. The monoisotopic (exact) mass is 292 g/mol. The van der Waals surface area contributed by atoms with Crippen LogP contribution in [0.4, 0.5) is 8.78 Å². The fourth-order valence-corrected chi connectivity index (χ4v) is 1.60. The third kappa shape index (κ3) is 3.27. The van der Waals surface area contributed by atoms with Gasteiger partial charge in [0, 0.05) is 5.56 Å². The molecule has 1 aromatic carbocycles. The summed E-state index contributed by atoms with van der Waals surface area (Å²) in [5.41, 5.74) is -0.0225. The van der Waals surface area contributed by atoms with Crippen LogP contribution in [0.5, 0.6) is 5.75 Å². The Kier molecular flexibility index (Phi) is 4.86. The Hall–Kier alpha value is -0.970. The highest BCUT2D eigenvalue weighted by molar-refractivity contribution is 9.10. The standard InChI is InChI=1S/C11H11BrF2O2/c1-2-5-16-9-4-3-7(6-8(9)12)10(15)11(13)14/h3-4,6,11H,2,5H2,1H3. The van der Waals surface area contributed by atoms with Crippen molar-refractivity contribution in [3.05, 3.63) is 28.2 Å². The first kappa shape index (κ1) is 13.1. The molecule has 1 aromatic rings. The molecule has 1 rings (SSSR count). The van der Waals surface area contributed by atoms with Gasteiger partial charge in [0.15, 0.2) is 0 Å². The molecule has 0 unspecified atom stereocenters. The molecule has 0 saturated carbocycles. The van der Waals surface area contributed by atoms with Gasteiger partial charge in [0.1, 0.15) is 5.75 Å². The first-order valence-electron chi connectivity index (χ1n) is 4.81. The van der Waals surface area contributed by atoms with E-state index >= 15 is 0 Å². The number of hydrogen-bond acceptors (Lipinski definition) is 2. The number of rotatable bonds is 5. The van der Waals surface area contributed by atoms with Crippen LogP contribution in [-0.4, -0.2) is 18.8 Å². The molecule has 88 valence electrons. The highest BCUT2D eigenvalue weighted by atomic mass is 79.9. The number of ketones is 1. The number of Topliss-reactive ketones (excluding diaryl/α,β-unsaturated/α-hetero) is 1. The lowest BCUT2D eigenvalue weighted by Gasteiger charge is -2.08. The summed E-state index contributed by atoms with van der Waals surface area (Å²) in [6.45, 7) is 2.50. The van der Waals surface area contributed by atoms with Crippen LogP contribution in [0.2, 0.25) is 0 Å². The van der Waals surface area contributed by atoms with Gasteiger partial charge in [0.05, 0.1) is 11.1 Å². The number of alkyl halides is 2. The number of halogens is 3. The van der Waals surface area contributed by atoms with Crippen molar-refractivity contribution in [1.29, 1.82) is 0 Å². The van der Waals surface area contributed by atoms with Crippen LogP contribution in [0.1, 0.15) is 23.7 Å². The Morgan fingerprint density at radius 1 is 1.50 bits per heavy atom. The summed E-state index contributed by atoms with van der Waals surface area (Å²) in [6.07, 6.45) is -2.13. The van der Waals surface area contributed by atoms with Crippen LogP contribution >= 0.6 is 15.9 Å². The molecule has 5 heteroatoms. The maximum Gasteiger partial charge on any atom is 0.300 e. The topological polar surface area (TPSA) is 26.3 Å². The van der Waals surface area contributed by atoms with E-state index in [0.29, 0.717) is 16.8 Å². The lowest BCUT2D eigenvalue weighted by molar-refractivity contribution is 0.0678. The van der Waals surface area contributed by atoms with Crippen molar-refractivity contribution in [2.24, 2.45) is 0 Å². The van der Waals surface area contributed by atoms with Crippen molar-refractivity contribution >= 4 is 21.7 Å². The predicted molar refractivity (Wildman–Crippen MR) is 60.3 cm³/mol. The molecule has 0 aliphatic heterocycles. The van der Waals surface area contributed by atoms with E-state index in [-0.39, 0.29) is 5.56 Å². The second kappa shape index (κ2) is 5.94. The normalized spacial score (nSPS) is 10.6. The first-order valence-corrected chi connectivity index (χ1v) is 5.60. The van der Waals surface area contributed by atoms with Gasteiger partial charge in [-0.05, 0) is 40.5 Å². The van der Waals surface area contributed by atoms with Gasteiger partial charge in [0.25, 0.3) is 0 Å². The second-order valence-electron chi connectivity index (χ2n) is 3.16. The van der Waals surface area contributed by atoms with Crippen LogP contribution in [-0.2, 0) is 0 Å². The Bertz CT molecular complexity index is 380. The molecule has 0 aliphatic carbocycles. The van der Waals surface area contributed by atoms with Crippen molar-refractivity contribution < 1.29 is 18.3 Å². The highest BCUT2D eigenvalue weighted by Gasteiger charge is 2.18. The van der Waals surface area contributed by atoms with Crippen molar-refractivity contribution in [1.82, 2.24) is 0 Å². The van der Waals surface area contributed by atoms with Crippen LogP contribution in [0.3, 0.4) is 0 Å². The molecule has 0 aliphatic rings. The van der Waals surface area contributed by atoms with Crippen molar-refractivity contribution in [3.8, 4) is 5.75 Å². The van der Waals surface area contributed by atoms with Gasteiger partial charge >= 0.3 is 6.43 Å². The van der Waals surface area contributed by atoms with Crippen LogP contribution < -0.4 is 4.74 Å². The molecular weight excluding hydrogens is 282 g/mol. The van der Waals surface area contributed by atoms with E-state index in [9.17, 15) is 13.6 Å². The van der Waals surface area contributed by atoms with E-state index in [1.807, 2.05) is 6.92 Å². The molecule has 0 heterocycles. The molecule has 0 N–H and O–H groups in total. The number of carbonyl (C=O) groups is 1. The largest absolute Gasteiger partial charge is 0.492 e. The number of ether oxygens (including phenoxy) is 1. The lowest BCUT2D eigenvalue weighted by Crippen LogP contribution is -2.10. The smallest absolute Gasteiger partial charge is 0.300 e. The minimum atomic E-state index is -2.98. The molecule has 0 fully saturated rings. The van der Waals surface area contributed by atoms with Crippen LogP contribution in [0.15, 0.2) is 22.7 Å². The summed E-state index contributed by atoms with van der Waals surface area (Å²) in [4.78, 5) is 11.0. The molecule has 0 atom stereocenters. The lowest BCUT2D eigenvalue weighted by atomic mass is 10.1. The summed E-state index contributed by atoms with van der Waals surface area (Å²) in [5.74, 6) is -0.629. The molecule has 0 radical (unpaired) electrons. The van der Waals surface area contributed by atoms with E-state index in [1.54, 1.807) is 0 Å². The van der Waals surface area contributed by atoms with E-state index in [0.717, 1.165) is 6.42 Å². The van der Waals surface area contributed by atoms with Crippen molar-refractivity contribution in [2.45, 2.75) is 19.8 Å². The first-order chi connectivity index (χ1) is 7.56. The van der Waals surface area contributed by atoms with Crippen LogP contribution in [0.25, 0.3) is 0 Å². The third-order valence-corrected chi connectivity index (χ3v) is 2.50. The molecule has 16 heavy (non-hydrogen) atoms. The minimum absolute atomic E-state index is 0.0225. The maximum atomic E-state index is 12.2. The molecule has 0 bridgehead atoms. The highest BCUT2D eigenvalue weighted by Crippen LogP contribution is 2.27. The van der Waals surface area contributed by atoms with Gasteiger partial charge in [0.2, 0.25) is 5.78 Å². The Morgan fingerprint density at radius 3 is 2.69 bits per heavy atom. The van der Waals surface area contributed by atoms with Gasteiger partial charge in [-0.2, -0.15) is 0 Å². The molecule has 0 aromatic heterocycles. The van der Waals surface area contributed by atoms with Crippen molar-refractivity contribution in [3.63, 3.8) is 0 Å². The Morgan fingerprint density at radius 2 is 2.19 bits per heavy atom. The molecule has 0 amide bonds. The van der Waals surface area contributed by atoms with Gasteiger partial charge < -0.3 is 4.74 Å². The summed E-state index contributed by atoms with van der Waals surface area (Å²) in [7, 11) is 0. The molecular formula is C11H11BrF2O2. The van der Waals surface area contributed by atoms with Gasteiger partial charge in [-0.3, -0.25) is 4.79 Å². The summed E-state index contributed by atoms with van der Waals surface area (Å²) in [5, 5.41) is 0. The molecule has 2 nitrogen and oxygen atoms in total. The second-order valence-corrected chi connectivity index (χ2v) is 4.01. The zero-order chi connectivity index (χ0) is 12.1. The Balaban J connectivity index is 2.86. The molecule has 0 spiro atoms. The SMILES string of the molecule is CCCOc1ccc(C(=O)C(F)F)cc1Br. The number of hydrogen-bond donors (Lipinski definition) is 0. The fourth-order valence-electron chi connectivity index (χ4n) is 1.11. The van der Waals surface area contributed by atoms with E-state index in [2.05, 4.69) is 15.9 Å². The maximum absolute atomic E-state index is 12.2. The Labute approximate surface area is 101 Å². The molecule has 0 saturated heterocycles. The quantitative estimate of drug-likeness (QED) is 0.774. The zero-order valence-corrected chi connectivity index (χ0v) is 10.3. The fraction of sp³-hybridized carbons (Fsp3) is 0.364.